The molecule has 1 fully saturated rings. The van der Waals surface area contributed by atoms with E-state index in [1.165, 1.54) is 0 Å². The lowest BCUT2D eigenvalue weighted by Crippen LogP contribution is -2.28. The van der Waals surface area contributed by atoms with E-state index in [2.05, 4.69) is 10.2 Å². The molecule has 1 unspecified atom stereocenters. The fourth-order valence-electron chi connectivity index (χ4n) is 2.41. The van der Waals surface area contributed by atoms with Gasteiger partial charge in [0.15, 0.2) is 0 Å². The van der Waals surface area contributed by atoms with E-state index in [-0.39, 0.29) is 11.8 Å². The first-order valence-electron chi connectivity index (χ1n) is 6.09. The number of carbonyl (C=O) groups is 1. The summed E-state index contributed by atoms with van der Waals surface area (Å²) in [4.78, 5) is 13.4. The minimum Gasteiger partial charge on any atom is -0.370 e. The molecule has 1 aliphatic rings. The highest BCUT2D eigenvalue weighted by molar-refractivity contribution is 6.30. The molecule has 18 heavy (non-hydrogen) atoms. The van der Waals surface area contributed by atoms with Crippen LogP contribution < -0.4 is 16.0 Å². The Morgan fingerprint density at radius 1 is 1.61 bits per heavy atom. The van der Waals surface area contributed by atoms with Crippen molar-refractivity contribution in [2.45, 2.75) is 13.0 Å². The predicted octanol–water partition coefficient (Wildman–Crippen LogP) is 1.37. The highest BCUT2D eigenvalue weighted by Crippen LogP contribution is 2.29. The summed E-state index contributed by atoms with van der Waals surface area (Å²) in [6.45, 7) is 2.33. The number of nitrogens with zero attached hydrogens (tertiary/aromatic N) is 1. The third-order valence-electron chi connectivity index (χ3n) is 3.34. The summed E-state index contributed by atoms with van der Waals surface area (Å²) in [5, 5.41) is 3.86. The van der Waals surface area contributed by atoms with E-state index in [0.717, 1.165) is 35.8 Å². The third kappa shape index (κ3) is 2.76. The van der Waals surface area contributed by atoms with Crippen LogP contribution in [-0.4, -0.2) is 26.0 Å². The Bertz CT molecular complexity index is 450. The van der Waals surface area contributed by atoms with Gasteiger partial charge in [-0.2, -0.15) is 0 Å². The summed E-state index contributed by atoms with van der Waals surface area (Å²) in [5.74, 6) is -0.246. The van der Waals surface area contributed by atoms with Gasteiger partial charge in [-0.25, -0.2) is 0 Å². The zero-order valence-electron chi connectivity index (χ0n) is 10.4. The molecule has 4 nitrogen and oxygen atoms in total. The first-order chi connectivity index (χ1) is 8.61. The minimum absolute atomic E-state index is 0.0388. The maximum Gasteiger partial charge on any atom is 0.222 e. The van der Waals surface area contributed by atoms with Gasteiger partial charge in [-0.3, -0.25) is 4.79 Å². The Hall–Kier alpha value is -1.26. The first kappa shape index (κ1) is 13.2. The van der Waals surface area contributed by atoms with Gasteiger partial charge in [0, 0.05) is 30.3 Å². The molecule has 5 heteroatoms. The van der Waals surface area contributed by atoms with E-state index in [1.807, 2.05) is 25.2 Å². The molecule has 1 heterocycles. The second-order valence-electron chi connectivity index (χ2n) is 4.64. The van der Waals surface area contributed by atoms with Gasteiger partial charge in [-0.1, -0.05) is 11.6 Å². The van der Waals surface area contributed by atoms with E-state index in [1.54, 1.807) is 0 Å². The van der Waals surface area contributed by atoms with Gasteiger partial charge >= 0.3 is 0 Å². The molecule has 1 saturated heterocycles. The lowest BCUT2D eigenvalue weighted by molar-refractivity contribution is -0.121. The zero-order chi connectivity index (χ0) is 13.1. The Labute approximate surface area is 112 Å². The number of nitrogens with one attached hydrogen (secondary N) is 1. The number of rotatable bonds is 4. The van der Waals surface area contributed by atoms with Crippen LogP contribution in [0, 0.1) is 5.92 Å². The van der Waals surface area contributed by atoms with Gasteiger partial charge in [0.25, 0.3) is 0 Å². The highest BCUT2D eigenvalue weighted by atomic mass is 35.5. The smallest absolute Gasteiger partial charge is 0.222 e. The van der Waals surface area contributed by atoms with Crippen molar-refractivity contribution in [1.82, 2.24) is 5.32 Å². The molecular weight excluding hydrogens is 250 g/mol. The number of nitrogens with two attached hydrogens (primary N) is 1. The first-order valence-corrected chi connectivity index (χ1v) is 6.47. The standard InChI is InChI=1S/C13H18ClN3O/c1-16-7-10-6-11(14)2-3-12(10)17-5-4-9(8-17)13(15)18/h2-3,6,9,16H,4-5,7-8H2,1H3,(H2,15,18). The summed E-state index contributed by atoms with van der Waals surface area (Å²) < 4.78 is 0. The number of carbonyl (C=O) groups excluding carboxylic acids is 1. The maximum absolute atomic E-state index is 11.2. The lowest BCUT2D eigenvalue weighted by atomic mass is 10.1. The molecule has 0 spiro atoms. The summed E-state index contributed by atoms with van der Waals surface area (Å²) in [6.07, 6.45) is 0.830. The molecule has 0 aliphatic carbocycles. The molecule has 0 aromatic heterocycles. The number of amides is 1. The second kappa shape index (κ2) is 5.59. The van der Waals surface area contributed by atoms with Gasteiger partial charge in [0.05, 0.1) is 5.92 Å². The third-order valence-corrected chi connectivity index (χ3v) is 3.58. The summed E-state index contributed by atoms with van der Waals surface area (Å²) in [5.41, 5.74) is 7.64. The van der Waals surface area contributed by atoms with Gasteiger partial charge in [0.1, 0.15) is 0 Å². The summed E-state index contributed by atoms with van der Waals surface area (Å²) in [6, 6.07) is 5.86. The van der Waals surface area contributed by atoms with Crippen LogP contribution in [0.5, 0.6) is 0 Å². The molecular formula is C13H18ClN3O. The molecule has 1 atom stereocenters. The van der Waals surface area contributed by atoms with Crippen LogP contribution in [0.15, 0.2) is 18.2 Å². The maximum atomic E-state index is 11.2. The Kier molecular flexibility index (Phi) is 4.09. The van der Waals surface area contributed by atoms with E-state index in [0.29, 0.717) is 6.54 Å². The van der Waals surface area contributed by atoms with Gasteiger partial charge in [-0.05, 0) is 37.2 Å². The average Bonchev–Trinajstić information content (AvgIpc) is 2.79. The second-order valence-corrected chi connectivity index (χ2v) is 5.07. The molecule has 1 amide bonds. The van der Waals surface area contributed by atoms with E-state index < -0.39 is 0 Å². The van der Waals surface area contributed by atoms with Crippen LogP contribution in [0.2, 0.25) is 5.02 Å². The fraction of sp³-hybridized carbons (Fsp3) is 0.462. The Morgan fingerprint density at radius 2 is 2.39 bits per heavy atom. The highest BCUT2D eigenvalue weighted by Gasteiger charge is 2.27. The van der Waals surface area contributed by atoms with Crippen LogP contribution in [0.4, 0.5) is 5.69 Å². The Balaban J connectivity index is 2.20. The number of primary amides is 1. The molecule has 3 N–H and O–H groups in total. The number of halogens is 1. The van der Waals surface area contributed by atoms with Crippen LogP contribution in [0.3, 0.4) is 0 Å². The summed E-state index contributed by atoms with van der Waals surface area (Å²) in [7, 11) is 1.90. The molecule has 1 aliphatic heterocycles. The molecule has 0 bridgehead atoms. The average molecular weight is 268 g/mol. The number of benzene rings is 1. The van der Waals surface area contributed by atoms with Crippen LogP contribution in [0.1, 0.15) is 12.0 Å². The SMILES string of the molecule is CNCc1cc(Cl)ccc1N1CCC(C(N)=O)C1. The van der Waals surface area contributed by atoms with Crippen molar-refractivity contribution in [3.8, 4) is 0 Å². The topological polar surface area (TPSA) is 58.4 Å². The molecule has 1 aromatic rings. The molecule has 0 saturated carbocycles. The van der Waals surface area contributed by atoms with Crippen LogP contribution >= 0.6 is 11.6 Å². The number of hydrogen-bond donors (Lipinski definition) is 2. The van der Waals surface area contributed by atoms with Crippen molar-refractivity contribution >= 4 is 23.2 Å². The van der Waals surface area contributed by atoms with Gasteiger partial charge in [0.2, 0.25) is 5.91 Å². The van der Waals surface area contributed by atoms with Crippen LogP contribution in [0.25, 0.3) is 0 Å². The molecule has 0 radical (unpaired) electrons. The monoisotopic (exact) mass is 267 g/mol. The molecule has 1 aromatic carbocycles. The van der Waals surface area contributed by atoms with Crippen molar-refractivity contribution in [3.05, 3.63) is 28.8 Å². The van der Waals surface area contributed by atoms with E-state index in [9.17, 15) is 4.79 Å². The number of anilines is 1. The molecule has 2 rings (SSSR count). The normalized spacial score (nSPS) is 19.2. The van der Waals surface area contributed by atoms with Crippen LogP contribution in [-0.2, 0) is 11.3 Å². The minimum atomic E-state index is -0.207. The number of hydrogen-bond acceptors (Lipinski definition) is 3. The van der Waals surface area contributed by atoms with Crippen molar-refractivity contribution in [2.24, 2.45) is 11.7 Å². The lowest BCUT2D eigenvalue weighted by Gasteiger charge is -2.22. The van der Waals surface area contributed by atoms with Crippen molar-refractivity contribution in [2.75, 3.05) is 25.0 Å². The van der Waals surface area contributed by atoms with E-state index >= 15 is 0 Å². The fourth-order valence-corrected chi connectivity index (χ4v) is 2.60. The predicted molar refractivity (Wildman–Crippen MR) is 73.7 cm³/mol. The quantitative estimate of drug-likeness (QED) is 0.866. The summed E-state index contributed by atoms with van der Waals surface area (Å²) >= 11 is 6.02. The van der Waals surface area contributed by atoms with Gasteiger partial charge < -0.3 is 16.0 Å². The largest absolute Gasteiger partial charge is 0.370 e. The zero-order valence-corrected chi connectivity index (χ0v) is 11.2. The molecule has 98 valence electrons. The van der Waals surface area contributed by atoms with Crippen molar-refractivity contribution in [1.29, 1.82) is 0 Å². The van der Waals surface area contributed by atoms with Gasteiger partial charge in [-0.15, -0.1) is 0 Å². The van der Waals surface area contributed by atoms with Crippen molar-refractivity contribution < 1.29 is 4.79 Å². The van der Waals surface area contributed by atoms with Crippen molar-refractivity contribution in [3.63, 3.8) is 0 Å². The van der Waals surface area contributed by atoms with E-state index in [4.69, 9.17) is 17.3 Å². The Morgan fingerprint density at radius 3 is 3.00 bits per heavy atom.